The Morgan fingerprint density at radius 3 is 2.50 bits per heavy atom. The van der Waals surface area contributed by atoms with Gasteiger partial charge in [0.2, 0.25) is 0 Å². The maximum Gasteiger partial charge on any atom is 0.0940 e. The van der Waals surface area contributed by atoms with Crippen molar-refractivity contribution in [2.45, 2.75) is 25.5 Å². The van der Waals surface area contributed by atoms with Crippen LogP contribution in [0, 0.1) is 0 Å². The summed E-state index contributed by atoms with van der Waals surface area (Å²) in [5, 5.41) is 12.3. The van der Waals surface area contributed by atoms with E-state index in [-0.39, 0.29) is 6.04 Å². The third-order valence-corrected chi connectivity index (χ3v) is 2.99. The summed E-state index contributed by atoms with van der Waals surface area (Å²) in [5.74, 6) is 0. The fraction of sp³-hybridized carbons (Fsp3) is 0.286. The van der Waals surface area contributed by atoms with Gasteiger partial charge in [0, 0.05) is 6.04 Å². The molecule has 2 heteroatoms. The van der Waals surface area contributed by atoms with Gasteiger partial charge in [0.25, 0.3) is 0 Å². The lowest BCUT2D eigenvalue weighted by atomic mass is 9.98. The van der Waals surface area contributed by atoms with Gasteiger partial charge in [-0.1, -0.05) is 43.3 Å². The smallest absolute Gasteiger partial charge is 0.0940 e. The molecule has 2 nitrogen and oxygen atoms in total. The van der Waals surface area contributed by atoms with Crippen molar-refractivity contribution < 1.29 is 5.11 Å². The summed E-state index contributed by atoms with van der Waals surface area (Å²) in [6, 6.07) is 13.9. The molecule has 2 unspecified atom stereocenters. The van der Waals surface area contributed by atoms with Crippen molar-refractivity contribution >= 4 is 10.8 Å². The molecule has 0 fully saturated rings. The second-order valence-corrected chi connectivity index (χ2v) is 4.12. The predicted molar refractivity (Wildman–Crippen MR) is 67.2 cm³/mol. The number of hydrogen-bond acceptors (Lipinski definition) is 2. The SMILES string of the molecule is CCC(N)C(O)c1ccc2ccccc2c1. The first-order chi connectivity index (χ1) is 7.72. The molecule has 0 bridgehead atoms. The van der Waals surface area contributed by atoms with Crippen LogP contribution >= 0.6 is 0 Å². The molecule has 0 spiro atoms. The highest BCUT2D eigenvalue weighted by atomic mass is 16.3. The Kier molecular flexibility index (Phi) is 3.22. The Labute approximate surface area is 95.7 Å². The van der Waals surface area contributed by atoms with Crippen LogP contribution in [0.1, 0.15) is 25.0 Å². The van der Waals surface area contributed by atoms with E-state index in [2.05, 4.69) is 6.07 Å². The van der Waals surface area contributed by atoms with Gasteiger partial charge in [-0.15, -0.1) is 0 Å². The van der Waals surface area contributed by atoms with Crippen LogP contribution in [0.15, 0.2) is 42.5 Å². The summed E-state index contributed by atoms with van der Waals surface area (Å²) in [7, 11) is 0. The molecule has 0 saturated heterocycles. The number of aliphatic hydroxyl groups excluding tert-OH is 1. The summed E-state index contributed by atoms with van der Waals surface area (Å²) in [6.07, 6.45) is 0.197. The topological polar surface area (TPSA) is 46.2 Å². The summed E-state index contributed by atoms with van der Waals surface area (Å²) in [6.45, 7) is 1.98. The van der Waals surface area contributed by atoms with E-state index < -0.39 is 6.10 Å². The lowest BCUT2D eigenvalue weighted by Gasteiger charge is -2.17. The third-order valence-electron chi connectivity index (χ3n) is 2.99. The standard InChI is InChI=1S/C14H17NO/c1-2-13(15)14(16)12-8-7-10-5-3-4-6-11(10)9-12/h3-9,13-14,16H,2,15H2,1H3. The number of benzene rings is 2. The van der Waals surface area contributed by atoms with Crippen molar-refractivity contribution in [1.82, 2.24) is 0 Å². The maximum absolute atomic E-state index is 10.0. The molecule has 0 aliphatic carbocycles. The first kappa shape index (κ1) is 11.1. The van der Waals surface area contributed by atoms with Gasteiger partial charge in [-0.25, -0.2) is 0 Å². The molecule has 0 amide bonds. The summed E-state index contributed by atoms with van der Waals surface area (Å²) in [5.41, 5.74) is 6.74. The van der Waals surface area contributed by atoms with Crippen LogP contribution < -0.4 is 5.73 Å². The fourth-order valence-electron chi connectivity index (χ4n) is 1.86. The Hall–Kier alpha value is -1.38. The Balaban J connectivity index is 2.39. The van der Waals surface area contributed by atoms with Crippen molar-refractivity contribution in [3.05, 3.63) is 48.0 Å². The van der Waals surface area contributed by atoms with Crippen LogP contribution in [-0.4, -0.2) is 11.1 Å². The summed E-state index contributed by atoms with van der Waals surface area (Å²) in [4.78, 5) is 0. The minimum Gasteiger partial charge on any atom is -0.387 e. The Morgan fingerprint density at radius 2 is 1.81 bits per heavy atom. The van der Waals surface area contributed by atoms with Crippen molar-refractivity contribution in [3.63, 3.8) is 0 Å². The Morgan fingerprint density at radius 1 is 1.12 bits per heavy atom. The van der Waals surface area contributed by atoms with E-state index in [1.54, 1.807) is 0 Å². The molecule has 2 aromatic rings. The van der Waals surface area contributed by atoms with Crippen molar-refractivity contribution in [3.8, 4) is 0 Å². The van der Waals surface area contributed by atoms with Gasteiger partial charge in [0.05, 0.1) is 6.10 Å². The molecular weight excluding hydrogens is 198 g/mol. The molecule has 84 valence electrons. The summed E-state index contributed by atoms with van der Waals surface area (Å²) < 4.78 is 0. The number of fused-ring (bicyclic) bond motifs is 1. The predicted octanol–water partition coefficient (Wildman–Crippen LogP) is 2.61. The molecule has 0 aliphatic rings. The van der Waals surface area contributed by atoms with Crippen LogP contribution in [-0.2, 0) is 0 Å². The second kappa shape index (κ2) is 4.64. The zero-order chi connectivity index (χ0) is 11.5. The van der Waals surface area contributed by atoms with Gasteiger partial charge < -0.3 is 10.8 Å². The molecule has 0 radical (unpaired) electrons. The molecule has 2 atom stereocenters. The van der Waals surface area contributed by atoms with Crippen LogP contribution in [0.2, 0.25) is 0 Å². The zero-order valence-electron chi connectivity index (χ0n) is 9.43. The van der Waals surface area contributed by atoms with Gasteiger partial charge in [-0.05, 0) is 28.8 Å². The number of nitrogens with two attached hydrogens (primary N) is 1. The lowest BCUT2D eigenvalue weighted by molar-refractivity contribution is 0.144. The second-order valence-electron chi connectivity index (χ2n) is 4.12. The van der Waals surface area contributed by atoms with Gasteiger partial charge in [-0.2, -0.15) is 0 Å². The minimum absolute atomic E-state index is 0.193. The highest BCUT2D eigenvalue weighted by Gasteiger charge is 2.14. The summed E-state index contributed by atoms with van der Waals surface area (Å²) >= 11 is 0. The molecule has 0 aliphatic heterocycles. The average molecular weight is 215 g/mol. The number of hydrogen-bond donors (Lipinski definition) is 2. The van der Waals surface area contributed by atoms with Crippen LogP contribution in [0.5, 0.6) is 0 Å². The number of rotatable bonds is 3. The van der Waals surface area contributed by atoms with E-state index in [1.807, 2.05) is 43.3 Å². The quantitative estimate of drug-likeness (QED) is 0.826. The molecule has 0 aromatic heterocycles. The molecular formula is C14H17NO. The highest BCUT2D eigenvalue weighted by molar-refractivity contribution is 5.83. The van der Waals surface area contributed by atoms with Gasteiger partial charge in [-0.3, -0.25) is 0 Å². The highest BCUT2D eigenvalue weighted by Crippen LogP contribution is 2.22. The average Bonchev–Trinajstić information content (AvgIpc) is 2.36. The normalized spacial score (nSPS) is 14.9. The first-order valence-electron chi connectivity index (χ1n) is 5.64. The molecule has 2 rings (SSSR count). The van der Waals surface area contributed by atoms with Crippen LogP contribution in [0.3, 0.4) is 0 Å². The van der Waals surface area contributed by atoms with E-state index in [1.165, 1.54) is 5.39 Å². The van der Waals surface area contributed by atoms with Crippen molar-refractivity contribution in [2.75, 3.05) is 0 Å². The third kappa shape index (κ3) is 2.08. The molecule has 3 N–H and O–H groups in total. The molecule has 0 saturated carbocycles. The van der Waals surface area contributed by atoms with E-state index in [0.29, 0.717) is 0 Å². The lowest BCUT2D eigenvalue weighted by Crippen LogP contribution is -2.27. The minimum atomic E-state index is -0.574. The van der Waals surface area contributed by atoms with E-state index in [4.69, 9.17) is 5.73 Å². The maximum atomic E-state index is 10.0. The largest absolute Gasteiger partial charge is 0.387 e. The van der Waals surface area contributed by atoms with Crippen LogP contribution in [0.4, 0.5) is 0 Å². The fourth-order valence-corrected chi connectivity index (χ4v) is 1.86. The first-order valence-corrected chi connectivity index (χ1v) is 5.64. The van der Waals surface area contributed by atoms with Crippen molar-refractivity contribution in [2.24, 2.45) is 5.73 Å². The van der Waals surface area contributed by atoms with Gasteiger partial charge >= 0.3 is 0 Å². The zero-order valence-corrected chi connectivity index (χ0v) is 9.43. The van der Waals surface area contributed by atoms with Crippen molar-refractivity contribution in [1.29, 1.82) is 0 Å². The van der Waals surface area contributed by atoms with Gasteiger partial charge in [0.15, 0.2) is 0 Å². The van der Waals surface area contributed by atoms with Crippen LogP contribution in [0.25, 0.3) is 10.8 Å². The molecule has 16 heavy (non-hydrogen) atoms. The van der Waals surface area contributed by atoms with E-state index >= 15 is 0 Å². The van der Waals surface area contributed by atoms with E-state index in [0.717, 1.165) is 17.4 Å². The van der Waals surface area contributed by atoms with Gasteiger partial charge in [0.1, 0.15) is 0 Å². The Bertz CT molecular complexity index is 481. The molecule has 0 heterocycles. The monoisotopic (exact) mass is 215 g/mol. The van der Waals surface area contributed by atoms with E-state index in [9.17, 15) is 5.11 Å². The molecule has 2 aromatic carbocycles. The number of aliphatic hydroxyl groups is 1.